The maximum Gasteiger partial charge on any atom is 0.425 e. The number of alkyl halides is 3. The lowest BCUT2D eigenvalue weighted by atomic mass is 9.89. The molecule has 6 nitrogen and oxygen atoms in total. The third-order valence-electron chi connectivity index (χ3n) is 3.84. The van der Waals surface area contributed by atoms with Crippen molar-refractivity contribution in [2.75, 3.05) is 0 Å². The van der Waals surface area contributed by atoms with E-state index in [0.29, 0.717) is 10.5 Å². The molecule has 1 fully saturated rings. The highest BCUT2D eigenvalue weighted by atomic mass is 19.4. The number of nitrogens with one attached hydrogen (secondary N) is 1. The lowest BCUT2D eigenvalue weighted by Gasteiger charge is -2.29. The van der Waals surface area contributed by atoms with Gasteiger partial charge in [0.2, 0.25) is 5.54 Å². The third-order valence-corrected chi connectivity index (χ3v) is 3.84. The summed E-state index contributed by atoms with van der Waals surface area (Å²) in [6.45, 7) is -0.289. The summed E-state index contributed by atoms with van der Waals surface area (Å²) in [5.41, 5.74) is -2.95. The second kappa shape index (κ2) is 5.36. The molecule has 1 aromatic carbocycles. The van der Waals surface area contributed by atoms with Gasteiger partial charge in [0, 0.05) is 18.8 Å². The molecule has 1 aliphatic heterocycles. The Balaban J connectivity index is 2.03. The van der Waals surface area contributed by atoms with E-state index in [2.05, 4.69) is 5.10 Å². The Morgan fingerprint density at radius 2 is 1.88 bits per heavy atom. The number of urea groups is 1. The molecule has 1 N–H and O–H groups in total. The van der Waals surface area contributed by atoms with Crippen LogP contribution in [0.2, 0.25) is 0 Å². The van der Waals surface area contributed by atoms with Crippen molar-refractivity contribution in [3.8, 4) is 0 Å². The Morgan fingerprint density at radius 1 is 1.21 bits per heavy atom. The van der Waals surface area contributed by atoms with E-state index in [9.17, 15) is 22.8 Å². The van der Waals surface area contributed by atoms with Gasteiger partial charge in [0.25, 0.3) is 5.91 Å². The molecule has 0 radical (unpaired) electrons. The van der Waals surface area contributed by atoms with Crippen LogP contribution in [0, 0.1) is 0 Å². The average molecular weight is 338 g/mol. The van der Waals surface area contributed by atoms with E-state index in [1.807, 2.05) is 5.32 Å². The quantitative estimate of drug-likeness (QED) is 0.870. The van der Waals surface area contributed by atoms with E-state index in [-0.39, 0.29) is 12.1 Å². The Morgan fingerprint density at radius 3 is 2.42 bits per heavy atom. The molecule has 9 heteroatoms. The molecule has 3 rings (SSSR count). The Bertz CT molecular complexity index is 788. The number of hydrogen-bond donors (Lipinski definition) is 1. The minimum absolute atomic E-state index is 0.289. The molecule has 2 aromatic rings. The van der Waals surface area contributed by atoms with Crippen molar-refractivity contribution in [1.82, 2.24) is 20.0 Å². The zero-order chi connectivity index (χ0) is 17.5. The maximum atomic E-state index is 13.8. The SMILES string of the molecule is Cn1cc(CN2C(=O)N[C@](c3ccccc3)(C(F)(F)F)C2=O)cn1. The first kappa shape index (κ1) is 16.0. The van der Waals surface area contributed by atoms with Crippen LogP contribution in [0.25, 0.3) is 0 Å². The van der Waals surface area contributed by atoms with Crippen molar-refractivity contribution in [3.05, 3.63) is 53.9 Å². The summed E-state index contributed by atoms with van der Waals surface area (Å²) in [5.74, 6) is -1.35. The van der Waals surface area contributed by atoms with Crippen LogP contribution in [0.3, 0.4) is 0 Å². The molecular weight excluding hydrogens is 325 g/mol. The minimum atomic E-state index is -4.98. The van der Waals surface area contributed by atoms with Crippen LogP contribution in [0.1, 0.15) is 11.1 Å². The Hall–Kier alpha value is -2.84. The molecule has 1 aliphatic rings. The smallest absolute Gasteiger partial charge is 0.312 e. The van der Waals surface area contributed by atoms with Crippen molar-refractivity contribution >= 4 is 11.9 Å². The van der Waals surface area contributed by atoms with Crippen LogP contribution in [-0.4, -0.2) is 32.8 Å². The largest absolute Gasteiger partial charge is 0.425 e. The van der Waals surface area contributed by atoms with Gasteiger partial charge in [-0.25, -0.2) is 4.79 Å². The molecule has 0 spiro atoms. The van der Waals surface area contributed by atoms with Crippen LogP contribution < -0.4 is 5.32 Å². The summed E-state index contributed by atoms with van der Waals surface area (Å²) in [6, 6.07) is 5.53. The average Bonchev–Trinajstić information content (AvgIpc) is 3.04. The lowest BCUT2D eigenvalue weighted by molar-refractivity contribution is -0.198. The number of aromatic nitrogens is 2. The number of aryl methyl sites for hydroxylation is 1. The molecule has 1 atom stereocenters. The molecule has 0 bridgehead atoms. The van der Waals surface area contributed by atoms with Gasteiger partial charge in [0.1, 0.15) is 0 Å². The first-order chi connectivity index (χ1) is 11.3. The minimum Gasteiger partial charge on any atom is -0.312 e. The van der Waals surface area contributed by atoms with Gasteiger partial charge in [0.05, 0.1) is 12.7 Å². The van der Waals surface area contributed by atoms with E-state index < -0.39 is 23.7 Å². The standard InChI is InChI=1S/C15H13F3N4O2/c1-21-8-10(7-19-21)9-22-12(23)14(15(16,17)18,20-13(22)24)11-5-3-2-4-6-11/h2-8H,9H2,1H3,(H,20,24)/t14-/m0/s1. The summed E-state index contributed by atoms with van der Waals surface area (Å²) in [4.78, 5) is 25.2. The zero-order valence-electron chi connectivity index (χ0n) is 12.5. The van der Waals surface area contributed by atoms with Gasteiger partial charge in [-0.2, -0.15) is 18.3 Å². The summed E-state index contributed by atoms with van der Waals surface area (Å²) in [5, 5.41) is 5.71. The molecule has 1 aromatic heterocycles. The first-order valence-corrected chi connectivity index (χ1v) is 6.99. The predicted octanol–water partition coefficient (Wildman–Crippen LogP) is 1.93. The van der Waals surface area contributed by atoms with E-state index in [4.69, 9.17) is 0 Å². The number of carbonyl (C=O) groups excluding carboxylic acids is 2. The van der Waals surface area contributed by atoms with Crippen molar-refractivity contribution in [2.45, 2.75) is 18.3 Å². The Labute approximate surface area is 134 Å². The number of halogens is 3. The van der Waals surface area contributed by atoms with E-state index in [1.165, 1.54) is 47.4 Å². The Kier molecular flexibility index (Phi) is 3.58. The summed E-state index contributed by atoms with van der Waals surface area (Å²) in [6.07, 6.45) is -2.07. The van der Waals surface area contributed by atoms with Crippen LogP contribution in [0.4, 0.5) is 18.0 Å². The number of rotatable bonds is 3. The van der Waals surface area contributed by atoms with Crippen molar-refractivity contribution in [1.29, 1.82) is 0 Å². The van der Waals surface area contributed by atoms with Crippen molar-refractivity contribution in [2.24, 2.45) is 7.05 Å². The fraction of sp³-hybridized carbons (Fsp3) is 0.267. The van der Waals surface area contributed by atoms with Crippen molar-refractivity contribution in [3.63, 3.8) is 0 Å². The fourth-order valence-corrected chi connectivity index (χ4v) is 2.70. The monoisotopic (exact) mass is 338 g/mol. The lowest BCUT2D eigenvalue weighted by Crippen LogP contribution is -2.55. The van der Waals surface area contributed by atoms with Gasteiger partial charge < -0.3 is 5.32 Å². The number of carbonyl (C=O) groups is 2. The van der Waals surface area contributed by atoms with Gasteiger partial charge in [0.15, 0.2) is 0 Å². The fourth-order valence-electron chi connectivity index (χ4n) is 2.70. The number of amides is 3. The zero-order valence-corrected chi connectivity index (χ0v) is 12.5. The molecule has 126 valence electrons. The predicted molar refractivity (Wildman–Crippen MR) is 76.5 cm³/mol. The molecule has 0 unspecified atom stereocenters. The molecular formula is C15H13F3N4O2. The molecule has 0 aliphatic carbocycles. The summed E-state index contributed by atoms with van der Waals surface area (Å²) in [7, 11) is 1.62. The van der Waals surface area contributed by atoms with Gasteiger partial charge >= 0.3 is 12.2 Å². The maximum absolute atomic E-state index is 13.8. The van der Waals surface area contributed by atoms with Crippen LogP contribution >= 0.6 is 0 Å². The number of hydrogen-bond acceptors (Lipinski definition) is 3. The highest BCUT2D eigenvalue weighted by Crippen LogP contribution is 2.43. The number of benzene rings is 1. The number of nitrogens with zero attached hydrogens (tertiary/aromatic N) is 3. The highest BCUT2D eigenvalue weighted by molar-refractivity contribution is 6.08. The second-order valence-corrected chi connectivity index (χ2v) is 5.46. The van der Waals surface area contributed by atoms with Crippen LogP contribution in [-0.2, 0) is 23.9 Å². The molecule has 2 heterocycles. The molecule has 0 saturated carbocycles. The van der Waals surface area contributed by atoms with E-state index in [0.717, 1.165) is 0 Å². The van der Waals surface area contributed by atoms with Crippen LogP contribution in [0.15, 0.2) is 42.7 Å². The molecule has 1 saturated heterocycles. The summed E-state index contributed by atoms with van der Waals surface area (Å²) < 4.78 is 42.7. The van der Waals surface area contributed by atoms with Gasteiger partial charge in [-0.3, -0.25) is 14.4 Å². The van der Waals surface area contributed by atoms with Crippen molar-refractivity contribution < 1.29 is 22.8 Å². The van der Waals surface area contributed by atoms with Crippen LogP contribution in [0.5, 0.6) is 0 Å². The van der Waals surface area contributed by atoms with Gasteiger partial charge in [-0.05, 0) is 5.56 Å². The summed E-state index contributed by atoms with van der Waals surface area (Å²) >= 11 is 0. The normalized spacial score (nSPS) is 21.2. The molecule has 24 heavy (non-hydrogen) atoms. The molecule has 3 amide bonds. The van der Waals surface area contributed by atoms with E-state index >= 15 is 0 Å². The second-order valence-electron chi connectivity index (χ2n) is 5.46. The highest BCUT2D eigenvalue weighted by Gasteiger charge is 2.68. The van der Waals surface area contributed by atoms with E-state index in [1.54, 1.807) is 7.05 Å². The van der Waals surface area contributed by atoms with Gasteiger partial charge in [-0.15, -0.1) is 0 Å². The topological polar surface area (TPSA) is 67.2 Å². The third kappa shape index (κ3) is 2.32. The first-order valence-electron chi connectivity index (χ1n) is 6.99. The number of imide groups is 1. The van der Waals surface area contributed by atoms with Gasteiger partial charge in [-0.1, -0.05) is 30.3 Å².